The molecule has 2 rings (SSSR count). The van der Waals surface area contributed by atoms with Crippen LogP contribution in [0, 0.1) is 13.8 Å². The smallest absolute Gasteiger partial charge is 0.361 e. The van der Waals surface area contributed by atoms with Gasteiger partial charge in [-0.05, 0) is 19.9 Å². The second kappa shape index (κ2) is 5.68. The average molecular weight is 275 g/mol. The van der Waals surface area contributed by atoms with Gasteiger partial charge >= 0.3 is 5.97 Å². The lowest BCUT2D eigenvalue weighted by atomic mass is 10.3. The quantitative estimate of drug-likeness (QED) is 0.601. The van der Waals surface area contributed by atoms with E-state index in [-0.39, 0.29) is 12.3 Å². The summed E-state index contributed by atoms with van der Waals surface area (Å²) in [7, 11) is 1.87. The molecular formula is C13H17N5O2. The molecule has 0 unspecified atom stereocenters. The predicted octanol–water partition coefficient (Wildman–Crippen LogP) is 1.02. The van der Waals surface area contributed by atoms with E-state index in [1.54, 1.807) is 16.3 Å². The third-order valence-corrected chi connectivity index (χ3v) is 2.92. The fraction of sp³-hybridized carbons (Fsp3) is 0.385. The normalized spacial score (nSPS) is 10.6. The summed E-state index contributed by atoms with van der Waals surface area (Å²) in [4.78, 5) is 11.8. The van der Waals surface area contributed by atoms with Gasteiger partial charge in [-0.3, -0.25) is 4.68 Å². The molecule has 0 amide bonds. The summed E-state index contributed by atoms with van der Waals surface area (Å²) < 4.78 is 8.40. The number of carbonyl (C=O) groups is 1. The first-order chi connectivity index (χ1) is 9.52. The molecule has 0 spiro atoms. The van der Waals surface area contributed by atoms with E-state index in [2.05, 4.69) is 22.0 Å². The summed E-state index contributed by atoms with van der Waals surface area (Å²) in [6.45, 7) is 7.87. The second-order valence-corrected chi connectivity index (χ2v) is 4.47. The minimum atomic E-state index is -0.491. The molecule has 7 nitrogen and oxygen atoms in total. The van der Waals surface area contributed by atoms with Crippen LogP contribution in [0.4, 0.5) is 0 Å². The molecule has 0 N–H and O–H groups in total. The Morgan fingerprint density at radius 3 is 2.85 bits per heavy atom. The van der Waals surface area contributed by atoms with Gasteiger partial charge in [0.15, 0.2) is 5.69 Å². The molecule has 2 aromatic heterocycles. The van der Waals surface area contributed by atoms with Crippen molar-refractivity contribution in [2.75, 3.05) is 6.61 Å². The lowest BCUT2D eigenvalue weighted by molar-refractivity contribution is 0.0542. The zero-order valence-electron chi connectivity index (χ0n) is 11.8. The molecule has 7 heteroatoms. The molecule has 2 aromatic rings. The van der Waals surface area contributed by atoms with E-state index in [1.807, 2.05) is 20.0 Å². The highest BCUT2D eigenvalue weighted by Gasteiger charge is 2.18. The lowest BCUT2D eigenvalue weighted by Crippen LogP contribution is -2.10. The third kappa shape index (κ3) is 2.76. The number of ether oxygens (including phenoxy) is 1. The fourth-order valence-electron chi connectivity index (χ4n) is 1.87. The van der Waals surface area contributed by atoms with Gasteiger partial charge in [0.05, 0.1) is 23.6 Å². The van der Waals surface area contributed by atoms with E-state index in [0.29, 0.717) is 12.2 Å². The highest BCUT2D eigenvalue weighted by Crippen LogP contribution is 2.09. The van der Waals surface area contributed by atoms with E-state index < -0.39 is 5.97 Å². The van der Waals surface area contributed by atoms with E-state index in [9.17, 15) is 4.79 Å². The number of esters is 1. The van der Waals surface area contributed by atoms with Crippen LogP contribution < -0.4 is 0 Å². The zero-order valence-corrected chi connectivity index (χ0v) is 11.8. The maximum absolute atomic E-state index is 11.8. The first-order valence-electron chi connectivity index (χ1n) is 6.20. The second-order valence-electron chi connectivity index (χ2n) is 4.47. The number of hydrogen-bond acceptors (Lipinski definition) is 5. The standard InChI is InChI=1S/C13H17N5O2/c1-5-6-20-13(19)12-10(3)18(16-14-12)8-11-7-9(2)15-17(11)4/h5,7H,1,6,8H2,2-4H3. The van der Waals surface area contributed by atoms with E-state index >= 15 is 0 Å². The Balaban J connectivity index is 2.18. The number of aryl methyl sites for hydroxylation is 2. The van der Waals surface area contributed by atoms with Gasteiger partial charge in [-0.15, -0.1) is 5.10 Å². The summed E-state index contributed by atoms with van der Waals surface area (Å²) in [6.07, 6.45) is 1.51. The van der Waals surface area contributed by atoms with Crippen LogP contribution in [0.3, 0.4) is 0 Å². The maximum atomic E-state index is 11.8. The summed E-state index contributed by atoms with van der Waals surface area (Å²) in [5.74, 6) is -0.491. The molecule has 0 fully saturated rings. The van der Waals surface area contributed by atoms with Crippen molar-refractivity contribution in [3.8, 4) is 0 Å². The van der Waals surface area contributed by atoms with Crippen LogP contribution in [0.15, 0.2) is 18.7 Å². The number of rotatable bonds is 5. The molecule has 0 atom stereocenters. The van der Waals surface area contributed by atoms with Crippen molar-refractivity contribution < 1.29 is 9.53 Å². The van der Waals surface area contributed by atoms with Crippen LogP contribution in [-0.4, -0.2) is 37.4 Å². The third-order valence-electron chi connectivity index (χ3n) is 2.92. The van der Waals surface area contributed by atoms with E-state index in [1.165, 1.54) is 6.08 Å². The molecule has 0 saturated carbocycles. The lowest BCUT2D eigenvalue weighted by Gasteiger charge is -2.04. The van der Waals surface area contributed by atoms with Gasteiger partial charge in [0.1, 0.15) is 6.61 Å². The Kier molecular flexibility index (Phi) is 3.97. The molecule has 0 aromatic carbocycles. The van der Waals surface area contributed by atoms with Gasteiger partial charge in [0.25, 0.3) is 0 Å². The number of aromatic nitrogens is 5. The summed E-state index contributed by atoms with van der Waals surface area (Å²) in [5, 5.41) is 12.1. The number of hydrogen-bond donors (Lipinski definition) is 0. The van der Waals surface area contributed by atoms with Crippen molar-refractivity contribution in [2.45, 2.75) is 20.4 Å². The molecule has 0 radical (unpaired) electrons. The first kappa shape index (κ1) is 14.0. The van der Waals surface area contributed by atoms with Gasteiger partial charge in [0, 0.05) is 7.05 Å². The largest absolute Gasteiger partial charge is 0.457 e. The van der Waals surface area contributed by atoms with Crippen LogP contribution in [0.5, 0.6) is 0 Å². The molecule has 0 saturated heterocycles. The fourth-order valence-corrected chi connectivity index (χ4v) is 1.87. The van der Waals surface area contributed by atoms with Crippen molar-refractivity contribution in [1.82, 2.24) is 24.8 Å². The van der Waals surface area contributed by atoms with Crippen LogP contribution in [0.1, 0.15) is 27.6 Å². The number of carbonyl (C=O) groups excluding carboxylic acids is 1. The Morgan fingerprint density at radius 2 is 2.25 bits per heavy atom. The minimum Gasteiger partial charge on any atom is -0.457 e. The highest BCUT2D eigenvalue weighted by atomic mass is 16.5. The Bertz CT molecular complexity index is 641. The van der Waals surface area contributed by atoms with Crippen molar-refractivity contribution in [2.24, 2.45) is 7.05 Å². The van der Waals surface area contributed by atoms with Crippen LogP contribution in [0.25, 0.3) is 0 Å². The van der Waals surface area contributed by atoms with Crippen LogP contribution in [-0.2, 0) is 18.3 Å². The van der Waals surface area contributed by atoms with Crippen LogP contribution in [0.2, 0.25) is 0 Å². The SMILES string of the molecule is C=CCOC(=O)c1nnn(Cc2cc(C)nn2C)c1C. The Morgan fingerprint density at radius 1 is 1.50 bits per heavy atom. The monoisotopic (exact) mass is 275 g/mol. The summed E-state index contributed by atoms with van der Waals surface area (Å²) in [6, 6.07) is 1.97. The molecule has 0 aliphatic rings. The van der Waals surface area contributed by atoms with Crippen molar-refractivity contribution in [3.05, 3.63) is 41.5 Å². The molecule has 2 heterocycles. The van der Waals surface area contributed by atoms with Gasteiger partial charge in [-0.1, -0.05) is 17.9 Å². The minimum absolute atomic E-state index is 0.159. The van der Waals surface area contributed by atoms with E-state index in [0.717, 1.165) is 11.4 Å². The molecule has 0 aliphatic heterocycles. The molecule has 0 aliphatic carbocycles. The molecule has 106 valence electrons. The average Bonchev–Trinajstić information content (AvgIpc) is 2.91. The van der Waals surface area contributed by atoms with Gasteiger partial charge in [0.2, 0.25) is 0 Å². The van der Waals surface area contributed by atoms with Gasteiger partial charge in [-0.2, -0.15) is 5.10 Å². The Labute approximate surface area is 116 Å². The predicted molar refractivity (Wildman–Crippen MR) is 72.3 cm³/mol. The van der Waals surface area contributed by atoms with Crippen molar-refractivity contribution >= 4 is 5.97 Å². The highest BCUT2D eigenvalue weighted by molar-refractivity contribution is 5.88. The number of nitrogens with zero attached hydrogens (tertiary/aromatic N) is 5. The van der Waals surface area contributed by atoms with Gasteiger partial charge in [-0.25, -0.2) is 9.48 Å². The topological polar surface area (TPSA) is 74.8 Å². The maximum Gasteiger partial charge on any atom is 0.361 e. The van der Waals surface area contributed by atoms with Gasteiger partial charge < -0.3 is 4.74 Å². The van der Waals surface area contributed by atoms with Crippen molar-refractivity contribution in [1.29, 1.82) is 0 Å². The van der Waals surface area contributed by atoms with E-state index in [4.69, 9.17) is 4.74 Å². The molecular weight excluding hydrogens is 258 g/mol. The first-order valence-corrected chi connectivity index (χ1v) is 6.20. The zero-order chi connectivity index (χ0) is 14.7. The molecule has 0 bridgehead atoms. The van der Waals surface area contributed by atoms with Crippen LogP contribution >= 0.6 is 0 Å². The summed E-state index contributed by atoms with van der Waals surface area (Å²) >= 11 is 0. The van der Waals surface area contributed by atoms with Crippen molar-refractivity contribution in [3.63, 3.8) is 0 Å². The summed E-state index contributed by atoms with van der Waals surface area (Å²) in [5.41, 5.74) is 2.82. The Hall–Kier alpha value is -2.44. The molecule has 20 heavy (non-hydrogen) atoms.